The van der Waals surface area contributed by atoms with Crippen LogP contribution in [0.1, 0.15) is 0 Å². The predicted molar refractivity (Wildman–Crippen MR) is 38.4 cm³/mol. The molecule has 0 saturated heterocycles. The second-order valence-corrected chi connectivity index (χ2v) is 2.47. The van der Waals surface area contributed by atoms with Crippen LogP contribution in [0.25, 0.3) is 0 Å². The van der Waals surface area contributed by atoms with Gasteiger partial charge in [-0.05, 0) is 4.99 Å². The van der Waals surface area contributed by atoms with Crippen LogP contribution in [0.3, 0.4) is 0 Å². The molecule has 0 aromatic rings. The van der Waals surface area contributed by atoms with Crippen molar-refractivity contribution >= 4 is 44.5 Å². The van der Waals surface area contributed by atoms with Gasteiger partial charge in [-0.1, -0.05) is 44.5 Å². The topological polar surface area (TPSA) is 0 Å². The summed E-state index contributed by atoms with van der Waals surface area (Å²) < 4.78 is 1.01. The average Bonchev–Trinajstić information content (AvgIpc) is 1.65. The first-order valence-corrected chi connectivity index (χ1v) is 3.62. The maximum atomic E-state index is 4.63. The van der Waals surface area contributed by atoms with Gasteiger partial charge in [-0.2, -0.15) is 0 Å². The van der Waals surface area contributed by atoms with E-state index in [1.54, 1.807) is 4.99 Å². The zero-order valence-corrected chi connectivity index (χ0v) is 6.94. The van der Waals surface area contributed by atoms with Crippen molar-refractivity contribution in [1.29, 1.82) is 0 Å². The van der Waals surface area contributed by atoms with E-state index in [1.165, 1.54) is 0 Å². The smallest absolute Gasteiger partial charge is 0.0360 e. The van der Waals surface area contributed by atoms with E-state index in [9.17, 15) is 0 Å². The van der Waals surface area contributed by atoms with E-state index in [-0.39, 0.29) is 0 Å². The summed E-state index contributed by atoms with van der Waals surface area (Å²) in [6.45, 7) is 0. The molecule has 0 aliphatic carbocycles. The molecule has 0 amide bonds. The fourth-order valence-electron chi connectivity index (χ4n) is 0.0315. The van der Waals surface area contributed by atoms with Crippen molar-refractivity contribution in [2.24, 2.45) is 0 Å². The van der Waals surface area contributed by atoms with Gasteiger partial charge in [0.1, 0.15) is 0 Å². The minimum atomic E-state index is 0.644. The summed E-state index contributed by atoms with van der Waals surface area (Å²) in [5.41, 5.74) is 0. The highest BCUT2D eigenvalue weighted by atomic mass is 79.9. The average molecular weight is 231 g/mol. The van der Waals surface area contributed by atoms with Crippen molar-refractivity contribution in [1.82, 2.24) is 0 Å². The summed E-state index contributed by atoms with van der Waals surface area (Å²) in [6, 6.07) is 0. The Morgan fingerprint density at radius 3 is 2.33 bits per heavy atom. The molecule has 0 aliphatic rings. The van der Waals surface area contributed by atoms with E-state index < -0.39 is 0 Å². The minimum absolute atomic E-state index is 0.644. The van der Waals surface area contributed by atoms with Crippen LogP contribution in [0.5, 0.6) is 0 Å². The predicted octanol–water partition coefficient (Wildman–Crippen LogP) is 2.82. The third kappa shape index (κ3) is 3.25. The van der Waals surface area contributed by atoms with Crippen LogP contribution in [0.2, 0.25) is 0 Å². The molecule has 3 heteroatoms. The standard InChI is InChI=1S/C3H3Br2S/c4-1-3(5)2-6/h1H,2H2/b3-1-. The van der Waals surface area contributed by atoms with Crippen LogP contribution in [-0.2, 0) is 0 Å². The van der Waals surface area contributed by atoms with Gasteiger partial charge in [-0.15, -0.1) is 0 Å². The van der Waals surface area contributed by atoms with Crippen molar-refractivity contribution in [2.45, 2.75) is 0 Å². The van der Waals surface area contributed by atoms with Gasteiger partial charge in [0.25, 0.3) is 0 Å². The van der Waals surface area contributed by atoms with Crippen LogP contribution < -0.4 is 0 Å². The van der Waals surface area contributed by atoms with Crippen LogP contribution in [0.15, 0.2) is 9.47 Å². The number of halogens is 2. The van der Waals surface area contributed by atoms with E-state index in [1.807, 2.05) is 0 Å². The Hall–Kier alpha value is 1.05. The van der Waals surface area contributed by atoms with Crippen molar-refractivity contribution in [3.63, 3.8) is 0 Å². The van der Waals surface area contributed by atoms with E-state index in [0.717, 1.165) is 4.48 Å². The number of hydrogen-bond acceptors (Lipinski definition) is 0. The lowest BCUT2D eigenvalue weighted by molar-refractivity contribution is 1.79. The fourth-order valence-corrected chi connectivity index (χ4v) is 0.491. The first-order valence-electron chi connectivity index (χ1n) is 1.34. The lowest BCUT2D eigenvalue weighted by Gasteiger charge is -1.79. The van der Waals surface area contributed by atoms with Crippen molar-refractivity contribution in [3.8, 4) is 0 Å². The highest BCUT2D eigenvalue weighted by Crippen LogP contribution is 2.07. The van der Waals surface area contributed by atoms with Gasteiger partial charge < -0.3 is 0 Å². The second kappa shape index (κ2) is 4.22. The minimum Gasteiger partial charge on any atom is -0.0884 e. The molecule has 0 rings (SSSR count). The SMILES string of the molecule is [S]C/C(Br)=C/Br. The molecule has 0 aromatic heterocycles. The molecule has 0 aliphatic heterocycles. The maximum absolute atomic E-state index is 4.63. The molecular weight excluding hydrogens is 228 g/mol. The van der Waals surface area contributed by atoms with Gasteiger partial charge in [0.05, 0.1) is 0 Å². The summed E-state index contributed by atoms with van der Waals surface area (Å²) in [7, 11) is 0. The molecule has 0 spiro atoms. The molecule has 0 saturated carbocycles. The van der Waals surface area contributed by atoms with Crippen LogP contribution >= 0.6 is 44.5 Å². The van der Waals surface area contributed by atoms with Crippen LogP contribution in [0.4, 0.5) is 0 Å². The molecule has 0 heterocycles. The lowest BCUT2D eigenvalue weighted by Crippen LogP contribution is -1.63. The molecule has 35 valence electrons. The fraction of sp³-hybridized carbons (Fsp3) is 0.333. The largest absolute Gasteiger partial charge is 0.0884 e. The monoisotopic (exact) mass is 229 g/mol. The molecule has 0 nitrogen and oxygen atoms in total. The molecular formula is C3H3Br2S. The van der Waals surface area contributed by atoms with Crippen LogP contribution in [0, 0.1) is 0 Å². The summed E-state index contributed by atoms with van der Waals surface area (Å²) >= 11 is 10.9. The third-order valence-corrected chi connectivity index (χ3v) is 2.61. The van der Waals surface area contributed by atoms with Crippen LogP contribution in [-0.4, -0.2) is 5.75 Å². The molecule has 0 fully saturated rings. The van der Waals surface area contributed by atoms with E-state index in [0.29, 0.717) is 5.75 Å². The summed E-state index contributed by atoms with van der Waals surface area (Å²) in [5, 5.41) is 0. The van der Waals surface area contributed by atoms with E-state index in [4.69, 9.17) is 0 Å². The lowest BCUT2D eigenvalue weighted by atomic mass is 10.8. The molecule has 0 unspecified atom stereocenters. The maximum Gasteiger partial charge on any atom is 0.0360 e. The van der Waals surface area contributed by atoms with Gasteiger partial charge in [-0.25, -0.2) is 0 Å². The Labute approximate surface area is 59.7 Å². The summed E-state index contributed by atoms with van der Waals surface area (Å²) in [4.78, 5) is 1.76. The molecule has 0 atom stereocenters. The van der Waals surface area contributed by atoms with Gasteiger partial charge in [0, 0.05) is 10.2 Å². The Balaban J connectivity index is 3.22. The van der Waals surface area contributed by atoms with E-state index in [2.05, 4.69) is 44.5 Å². The normalized spacial score (nSPS) is 12.2. The van der Waals surface area contributed by atoms with Gasteiger partial charge in [-0.3, -0.25) is 0 Å². The van der Waals surface area contributed by atoms with Crippen molar-refractivity contribution < 1.29 is 0 Å². The Morgan fingerprint density at radius 2 is 2.33 bits per heavy atom. The van der Waals surface area contributed by atoms with Crippen molar-refractivity contribution in [2.75, 3.05) is 5.75 Å². The molecule has 6 heavy (non-hydrogen) atoms. The zero-order chi connectivity index (χ0) is 4.99. The molecule has 0 N–H and O–H groups in total. The highest BCUT2D eigenvalue weighted by Gasteiger charge is 1.79. The zero-order valence-electron chi connectivity index (χ0n) is 2.95. The third-order valence-electron chi connectivity index (χ3n) is 0.256. The Morgan fingerprint density at radius 1 is 1.83 bits per heavy atom. The van der Waals surface area contributed by atoms with Gasteiger partial charge in [0.15, 0.2) is 0 Å². The Bertz CT molecular complexity index is 59.8. The number of hydrogen-bond donors (Lipinski definition) is 0. The summed E-state index contributed by atoms with van der Waals surface area (Å²) in [5.74, 6) is 0.644. The van der Waals surface area contributed by atoms with Gasteiger partial charge in [0.2, 0.25) is 0 Å². The Kier molecular flexibility index (Phi) is 4.95. The highest BCUT2D eigenvalue weighted by molar-refractivity contribution is 9.14. The first-order chi connectivity index (χ1) is 2.81. The van der Waals surface area contributed by atoms with Crippen molar-refractivity contribution in [3.05, 3.63) is 9.47 Å². The van der Waals surface area contributed by atoms with Gasteiger partial charge >= 0.3 is 0 Å². The molecule has 0 bridgehead atoms. The summed E-state index contributed by atoms with van der Waals surface area (Å²) in [6.07, 6.45) is 0. The first kappa shape index (κ1) is 7.05. The molecule has 1 radical (unpaired) electrons. The second-order valence-electron chi connectivity index (χ2n) is 0.700. The molecule has 0 aromatic carbocycles. The van der Waals surface area contributed by atoms with E-state index >= 15 is 0 Å². The quantitative estimate of drug-likeness (QED) is 0.650. The number of rotatable bonds is 1.